The van der Waals surface area contributed by atoms with Gasteiger partial charge in [-0.1, -0.05) is 0 Å². The average molecular weight is 456 g/mol. The van der Waals surface area contributed by atoms with Crippen molar-refractivity contribution in [1.29, 1.82) is 0 Å². The summed E-state index contributed by atoms with van der Waals surface area (Å²) in [6.07, 6.45) is 1.47. The van der Waals surface area contributed by atoms with Crippen LogP contribution in [-0.2, 0) is 14.3 Å². The molecule has 2 aromatic heterocycles. The van der Waals surface area contributed by atoms with E-state index in [1.165, 1.54) is 19.2 Å². The van der Waals surface area contributed by atoms with Gasteiger partial charge in [-0.15, -0.1) is 0 Å². The van der Waals surface area contributed by atoms with Crippen molar-refractivity contribution in [3.63, 3.8) is 0 Å². The van der Waals surface area contributed by atoms with Gasteiger partial charge in [-0.05, 0) is 26.0 Å². The van der Waals surface area contributed by atoms with Crippen molar-refractivity contribution < 1.29 is 19.1 Å². The Morgan fingerprint density at radius 3 is 2.33 bits per heavy atom. The number of ether oxygens (including phenoxy) is 2. The van der Waals surface area contributed by atoms with Crippen LogP contribution < -0.4 is 20.4 Å². The van der Waals surface area contributed by atoms with Gasteiger partial charge in [0.15, 0.2) is 0 Å². The first-order chi connectivity index (χ1) is 15.9. The van der Waals surface area contributed by atoms with Crippen LogP contribution in [0.15, 0.2) is 24.4 Å². The molecule has 2 fully saturated rings. The minimum Gasteiger partial charge on any atom is -0.377 e. The number of carbonyl (C=O) groups excluding carboxylic acids is 2. The molecule has 0 aliphatic carbocycles. The lowest BCUT2D eigenvalue weighted by atomic mass is 10.2. The first kappa shape index (κ1) is 22.9. The Labute approximate surface area is 192 Å². The van der Waals surface area contributed by atoms with Gasteiger partial charge >= 0.3 is 0 Å². The minimum atomic E-state index is -0.357. The van der Waals surface area contributed by atoms with Crippen molar-refractivity contribution in [2.24, 2.45) is 0 Å². The summed E-state index contributed by atoms with van der Waals surface area (Å²) in [5, 5.41) is 5.47. The van der Waals surface area contributed by atoms with Crippen molar-refractivity contribution >= 4 is 35.2 Å². The van der Waals surface area contributed by atoms with Gasteiger partial charge in [-0.25, -0.2) is 4.98 Å². The zero-order valence-corrected chi connectivity index (χ0v) is 19.1. The molecule has 176 valence electrons. The lowest BCUT2D eigenvalue weighted by Gasteiger charge is -2.36. The number of rotatable bonds is 5. The van der Waals surface area contributed by atoms with E-state index in [4.69, 9.17) is 14.5 Å². The average Bonchev–Trinajstić information content (AvgIpc) is 2.79. The molecule has 0 aromatic carbocycles. The summed E-state index contributed by atoms with van der Waals surface area (Å²) in [6, 6.07) is 5.14. The van der Waals surface area contributed by atoms with Gasteiger partial charge in [0.1, 0.15) is 17.5 Å². The molecule has 4 rings (SSSR count). The van der Waals surface area contributed by atoms with E-state index in [2.05, 4.69) is 44.2 Å². The second kappa shape index (κ2) is 10.1. The van der Waals surface area contributed by atoms with E-state index in [9.17, 15) is 9.59 Å². The second-order valence-electron chi connectivity index (χ2n) is 8.21. The molecule has 0 bridgehead atoms. The number of amides is 2. The summed E-state index contributed by atoms with van der Waals surface area (Å²) in [6.45, 7) is 9.30. The van der Waals surface area contributed by atoms with Gasteiger partial charge in [-0.2, -0.15) is 9.97 Å². The Morgan fingerprint density at radius 1 is 0.970 bits per heavy atom. The molecule has 0 unspecified atom stereocenters. The van der Waals surface area contributed by atoms with E-state index < -0.39 is 0 Å². The fourth-order valence-electron chi connectivity index (χ4n) is 3.86. The van der Waals surface area contributed by atoms with E-state index in [1.807, 2.05) is 0 Å². The number of nitrogens with one attached hydrogen (secondary N) is 2. The topological polar surface area (TPSA) is 122 Å². The molecule has 33 heavy (non-hydrogen) atoms. The van der Waals surface area contributed by atoms with E-state index in [0.717, 1.165) is 5.82 Å². The molecule has 0 radical (unpaired) electrons. The standard InChI is InChI=1S/C22H29N7O4/c1-14-12-32-8-6-28(14)20-11-19(26-22(27-20)29-7-9-33-13-15(29)2)25-21(31)17-4-5-23-18(10-17)24-16(3)30/h4-5,10-11,14-15H,6-9,12-13H2,1-3H3,(H,23,24,30)(H,25,26,27,31)/t14-,15-/m0/s1. The van der Waals surface area contributed by atoms with E-state index in [0.29, 0.717) is 62.7 Å². The first-order valence-electron chi connectivity index (χ1n) is 11.0. The van der Waals surface area contributed by atoms with Crippen LogP contribution in [0, 0.1) is 0 Å². The van der Waals surface area contributed by atoms with Crippen molar-refractivity contribution in [2.75, 3.05) is 60.0 Å². The van der Waals surface area contributed by atoms with Crippen molar-refractivity contribution in [3.8, 4) is 0 Å². The predicted molar refractivity (Wildman–Crippen MR) is 124 cm³/mol. The summed E-state index contributed by atoms with van der Waals surface area (Å²) in [5.41, 5.74) is 0.356. The number of aromatic nitrogens is 3. The van der Waals surface area contributed by atoms with Crippen LogP contribution >= 0.6 is 0 Å². The van der Waals surface area contributed by atoms with Crippen LogP contribution in [0.5, 0.6) is 0 Å². The molecule has 2 aliphatic rings. The maximum absolute atomic E-state index is 13.0. The fourth-order valence-corrected chi connectivity index (χ4v) is 3.86. The minimum absolute atomic E-state index is 0.111. The van der Waals surface area contributed by atoms with Gasteiger partial charge in [0.05, 0.1) is 38.5 Å². The third-order valence-corrected chi connectivity index (χ3v) is 5.56. The Balaban J connectivity index is 1.63. The van der Waals surface area contributed by atoms with Crippen LogP contribution in [0.3, 0.4) is 0 Å². The largest absolute Gasteiger partial charge is 0.377 e. The van der Waals surface area contributed by atoms with E-state index in [-0.39, 0.29) is 23.9 Å². The van der Waals surface area contributed by atoms with Crippen LogP contribution in [-0.4, -0.2) is 78.4 Å². The lowest BCUT2D eigenvalue weighted by Crippen LogP contribution is -2.46. The molecule has 2 aliphatic heterocycles. The summed E-state index contributed by atoms with van der Waals surface area (Å²) in [7, 11) is 0. The molecule has 0 saturated carbocycles. The molecule has 11 nitrogen and oxygen atoms in total. The number of hydrogen-bond donors (Lipinski definition) is 2. The number of carbonyl (C=O) groups is 2. The predicted octanol–water partition coefficient (Wildman–Crippen LogP) is 1.53. The highest BCUT2D eigenvalue weighted by molar-refractivity contribution is 6.04. The molecular weight excluding hydrogens is 426 g/mol. The number of nitrogens with zero attached hydrogens (tertiary/aromatic N) is 5. The van der Waals surface area contributed by atoms with Crippen molar-refractivity contribution in [1.82, 2.24) is 15.0 Å². The van der Waals surface area contributed by atoms with Gasteiger partial charge in [0.25, 0.3) is 5.91 Å². The van der Waals surface area contributed by atoms with Crippen LogP contribution in [0.4, 0.5) is 23.4 Å². The molecule has 0 spiro atoms. The number of hydrogen-bond acceptors (Lipinski definition) is 9. The van der Waals surface area contributed by atoms with Crippen LogP contribution in [0.25, 0.3) is 0 Å². The Bertz CT molecular complexity index is 978. The summed E-state index contributed by atoms with van der Waals surface area (Å²) in [5.74, 6) is 1.37. The zero-order valence-electron chi connectivity index (χ0n) is 19.1. The fraction of sp³-hybridized carbons (Fsp3) is 0.500. The van der Waals surface area contributed by atoms with Gasteiger partial charge < -0.3 is 29.9 Å². The monoisotopic (exact) mass is 455 g/mol. The lowest BCUT2D eigenvalue weighted by molar-refractivity contribution is -0.114. The molecule has 2 amide bonds. The highest BCUT2D eigenvalue weighted by atomic mass is 16.5. The normalized spacial score (nSPS) is 20.9. The summed E-state index contributed by atoms with van der Waals surface area (Å²) < 4.78 is 11.1. The smallest absolute Gasteiger partial charge is 0.257 e. The van der Waals surface area contributed by atoms with Crippen molar-refractivity contribution in [2.45, 2.75) is 32.9 Å². The van der Waals surface area contributed by atoms with E-state index >= 15 is 0 Å². The number of anilines is 4. The molecule has 2 saturated heterocycles. The molecule has 2 aromatic rings. The highest BCUT2D eigenvalue weighted by Gasteiger charge is 2.26. The van der Waals surface area contributed by atoms with Gasteiger partial charge in [0, 0.05) is 37.8 Å². The number of pyridine rings is 1. The van der Waals surface area contributed by atoms with Crippen LogP contribution in [0.2, 0.25) is 0 Å². The zero-order chi connectivity index (χ0) is 23.4. The highest BCUT2D eigenvalue weighted by Crippen LogP contribution is 2.26. The summed E-state index contributed by atoms with van der Waals surface area (Å²) >= 11 is 0. The third kappa shape index (κ3) is 5.55. The molecule has 4 heterocycles. The van der Waals surface area contributed by atoms with Gasteiger partial charge in [0.2, 0.25) is 11.9 Å². The van der Waals surface area contributed by atoms with E-state index in [1.54, 1.807) is 12.1 Å². The molecule has 2 atom stereocenters. The molecule has 2 N–H and O–H groups in total. The molecular formula is C22H29N7O4. The molecule has 11 heteroatoms. The quantitative estimate of drug-likeness (QED) is 0.691. The van der Waals surface area contributed by atoms with Crippen molar-refractivity contribution in [3.05, 3.63) is 30.0 Å². The SMILES string of the molecule is CC(=O)Nc1cc(C(=O)Nc2cc(N3CCOC[C@@H]3C)nc(N3CCOC[C@@H]3C)n2)ccn1. The first-order valence-corrected chi connectivity index (χ1v) is 11.0. The summed E-state index contributed by atoms with van der Waals surface area (Å²) in [4.78, 5) is 42.1. The Kier molecular flexibility index (Phi) is 6.99. The van der Waals surface area contributed by atoms with Crippen LogP contribution in [0.1, 0.15) is 31.1 Å². The third-order valence-electron chi connectivity index (χ3n) is 5.56. The Morgan fingerprint density at radius 2 is 1.67 bits per heavy atom. The van der Waals surface area contributed by atoms with Gasteiger partial charge in [-0.3, -0.25) is 9.59 Å². The number of morpholine rings is 2. The maximum Gasteiger partial charge on any atom is 0.257 e. The Hall–Kier alpha value is -3.31. The maximum atomic E-state index is 13.0. The second-order valence-corrected chi connectivity index (χ2v) is 8.21.